The lowest BCUT2D eigenvalue weighted by Crippen LogP contribution is -2.33. The summed E-state index contributed by atoms with van der Waals surface area (Å²) in [6.07, 6.45) is -1.54. The van der Waals surface area contributed by atoms with Crippen molar-refractivity contribution in [3.63, 3.8) is 0 Å². The summed E-state index contributed by atoms with van der Waals surface area (Å²) in [6.45, 7) is 1.10. The number of H-pyrrole nitrogens is 1. The number of aliphatic hydroxyl groups excluding tert-OH is 1. The van der Waals surface area contributed by atoms with E-state index in [2.05, 4.69) is 20.1 Å². The predicted octanol–water partition coefficient (Wildman–Crippen LogP) is 1.66. The van der Waals surface area contributed by atoms with E-state index in [1.165, 1.54) is 37.4 Å². The third-order valence-corrected chi connectivity index (χ3v) is 5.41. The zero-order valence-corrected chi connectivity index (χ0v) is 16.6. The molecule has 1 aliphatic heterocycles. The number of hydrogen-bond acceptors (Lipinski definition) is 7. The molecule has 14 heteroatoms. The van der Waals surface area contributed by atoms with E-state index >= 15 is 0 Å². The molecule has 4 atom stereocenters. The molecule has 1 unspecified atom stereocenters. The molecule has 0 saturated carbocycles. The second-order valence-corrected chi connectivity index (χ2v) is 8.10. The number of nitrogens with zero attached hydrogens (tertiary/aromatic N) is 4. The van der Waals surface area contributed by atoms with Gasteiger partial charge in [-0.05, 0) is 24.6 Å². The number of aromatic nitrogens is 2. The van der Waals surface area contributed by atoms with Gasteiger partial charge < -0.3 is 14.7 Å². The van der Waals surface area contributed by atoms with Gasteiger partial charge in [-0.3, -0.25) is 24.0 Å². The Balaban J connectivity index is 1.61. The average molecular weight is 438 g/mol. The predicted molar refractivity (Wildman–Crippen MR) is 105 cm³/mol. The Morgan fingerprint density at radius 3 is 2.80 bits per heavy atom. The molecule has 0 amide bonds. The van der Waals surface area contributed by atoms with E-state index in [1.807, 2.05) is 0 Å². The van der Waals surface area contributed by atoms with Gasteiger partial charge in [0.1, 0.15) is 12.3 Å². The van der Waals surface area contributed by atoms with Crippen LogP contribution in [0.3, 0.4) is 0 Å². The summed E-state index contributed by atoms with van der Waals surface area (Å²) in [5.41, 5.74) is 8.04. The molecule has 4 N–H and O–H groups in total. The Bertz CT molecular complexity index is 1120. The van der Waals surface area contributed by atoms with Gasteiger partial charge >= 0.3 is 13.4 Å². The van der Waals surface area contributed by atoms with E-state index in [4.69, 9.17) is 14.8 Å². The maximum atomic E-state index is 12.3. The fraction of sp³-hybridized carbons (Fsp3) is 0.375. The number of hydrogen-bond donors (Lipinski definition) is 4. The Labute approximate surface area is 169 Å². The first-order valence-electron chi connectivity index (χ1n) is 8.75. The Hall–Kier alpha value is -2.92. The standard InChI is InChI=1S/C16H19N6O7P/c1-9-7-22(16(25)18-15(9)24)14-6-12(23)13(29-14)8-28-30(26,27)20-11-4-2-10(3-5-11)19-21-17/h2-5,7,12-14,23H,6,8H2,1H3,(H,18,24,25)(H2,20,26,27)/t12-,13+,14+/m0/s1. The highest BCUT2D eigenvalue weighted by molar-refractivity contribution is 7.54. The highest BCUT2D eigenvalue weighted by atomic mass is 31.2. The van der Waals surface area contributed by atoms with Crippen molar-refractivity contribution in [1.29, 1.82) is 0 Å². The molecule has 30 heavy (non-hydrogen) atoms. The Morgan fingerprint density at radius 1 is 1.43 bits per heavy atom. The third-order valence-electron chi connectivity index (χ3n) is 4.37. The zero-order valence-electron chi connectivity index (χ0n) is 15.7. The van der Waals surface area contributed by atoms with Crippen LogP contribution < -0.4 is 16.3 Å². The van der Waals surface area contributed by atoms with Gasteiger partial charge in [0.25, 0.3) is 5.56 Å². The quantitative estimate of drug-likeness (QED) is 0.217. The maximum Gasteiger partial charge on any atom is 0.430 e. The van der Waals surface area contributed by atoms with Crippen molar-refractivity contribution in [1.82, 2.24) is 9.55 Å². The van der Waals surface area contributed by atoms with Crippen LogP contribution >= 0.6 is 7.75 Å². The van der Waals surface area contributed by atoms with E-state index in [0.717, 1.165) is 4.57 Å². The lowest BCUT2D eigenvalue weighted by Gasteiger charge is -2.19. The summed E-state index contributed by atoms with van der Waals surface area (Å²) in [4.78, 5) is 38.2. The first kappa shape index (κ1) is 21.8. The average Bonchev–Trinajstić information content (AvgIpc) is 3.05. The highest BCUT2D eigenvalue weighted by Crippen LogP contribution is 2.43. The van der Waals surface area contributed by atoms with Crippen LogP contribution in [0.15, 0.2) is 45.2 Å². The van der Waals surface area contributed by atoms with Crippen molar-refractivity contribution in [2.45, 2.75) is 31.8 Å². The summed E-state index contributed by atoms with van der Waals surface area (Å²) >= 11 is 0. The number of benzene rings is 1. The van der Waals surface area contributed by atoms with E-state index in [-0.39, 0.29) is 12.1 Å². The van der Waals surface area contributed by atoms with Crippen LogP contribution in [0.25, 0.3) is 10.4 Å². The van der Waals surface area contributed by atoms with Crippen molar-refractivity contribution < 1.29 is 23.8 Å². The largest absolute Gasteiger partial charge is 0.430 e. The second-order valence-electron chi connectivity index (χ2n) is 6.58. The van der Waals surface area contributed by atoms with Crippen molar-refractivity contribution in [2.24, 2.45) is 5.11 Å². The van der Waals surface area contributed by atoms with Crippen LogP contribution in [0.2, 0.25) is 0 Å². The summed E-state index contributed by atoms with van der Waals surface area (Å²) in [6, 6.07) is 5.75. The maximum absolute atomic E-state index is 12.3. The van der Waals surface area contributed by atoms with Gasteiger partial charge in [-0.15, -0.1) is 0 Å². The molecule has 1 aliphatic rings. The van der Waals surface area contributed by atoms with Gasteiger partial charge in [0.05, 0.1) is 12.7 Å². The van der Waals surface area contributed by atoms with Crippen molar-refractivity contribution in [2.75, 3.05) is 11.7 Å². The smallest absolute Gasteiger partial charge is 0.390 e. The third kappa shape index (κ3) is 5.16. The minimum Gasteiger partial charge on any atom is -0.390 e. The number of ether oxygens (including phenoxy) is 1. The van der Waals surface area contributed by atoms with E-state index in [9.17, 15) is 24.2 Å². The molecule has 0 radical (unpaired) electrons. The van der Waals surface area contributed by atoms with Gasteiger partial charge in [-0.1, -0.05) is 17.2 Å². The van der Waals surface area contributed by atoms with Crippen LogP contribution in [0.5, 0.6) is 0 Å². The van der Waals surface area contributed by atoms with Gasteiger partial charge in [-0.25, -0.2) is 9.36 Å². The van der Waals surface area contributed by atoms with Gasteiger partial charge in [-0.2, -0.15) is 0 Å². The molecule has 0 bridgehead atoms. The molecule has 0 spiro atoms. The first-order valence-corrected chi connectivity index (χ1v) is 10.3. The molecular weight excluding hydrogens is 419 g/mol. The van der Waals surface area contributed by atoms with Crippen LogP contribution in [0, 0.1) is 6.92 Å². The molecule has 2 aromatic rings. The molecule has 1 aromatic carbocycles. The van der Waals surface area contributed by atoms with Crippen LogP contribution in [0.1, 0.15) is 18.2 Å². The van der Waals surface area contributed by atoms with Crippen molar-refractivity contribution >= 4 is 19.1 Å². The fourth-order valence-corrected chi connectivity index (χ4v) is 3.75. The Morgan fingerprint density at radius 2 is 2.13 bits per heavy atom. The molecule has 2 heterocycles. The highest BCUT2D eigenvalue weighted by Gasteiger charge is 2.37. The van der Waals surface area contributed by atoms with E-state index in [1.54, 1.807) is 0 Å². The lowest BCUT2D eigenvalue weighted by molar-refractivity contribution is -0.0422. The van der Waals surface area contributed by atoms with Crippen LogP contribution in [-0.4, -0.2) is 38.4 Å². The minimum atomic E-state index is -4.30. The topological polar surface area (TPSA) is 192 Å². The van der Waals surface area contributed by atoms with Gasteiger partial charge in [0.2, 0.25) is 0 Å². The molecule has 1 aromatic heterocycles. The normalized spacial score (nSPS) is 22.8. The number of aromatic amines is 1. The minimum absolute atomic E-state index is 0.0312. The lowest BCUT2D eigenvalue weighted by atomic mass is 10.2. The van der Waals surface area contributed by atoms with Gasteiger partial charge in [0, 0.05) is 34.5 Å². The first-order chi connectivity index (χ1) is 14.2. The van der Waals surface area contributed by atoms with E-state index < -0.39 is 44.0 Å². The summed E-state index contributed by atoms with van der Waals surface area (Å²) in [5.74, 6) is 0. The summed E-state index contributed by atoms with van der Waals surface area (Å²) < 4.78 is 24.0. The monoisotopic (exact) mass is 438 g/mol. The number of aliphatic hydroxyl groups is 1. The Kier molecular flexibility index (Phi) is 6.42. The fourth-order valence-electron chi connectivity index (χ4n) is 2.86. The second kappa shape index (κ2) is 8.84. The number of aryl methyl sites for hydroxylation is 1. The molecule has 1 fully saturated rings. The number of azide groups is 1. The van der Waals surface area contributed by atoms with Crippen LogP contribution in [0.4, 0.5) is 11.4 Å². The summed E-state index contributed by atoms with van der Waals surface area (Å²) in [7, 11) is -4.30. The number of anilines is 1. The van der Waals surface area contributed by atoms with Crippen molar-refractivity contribution in [3.05, 3.63) is 67.3 Å². The molecule has 160 valence electrons. The van der Waals surface area contributed by atoms with Crippen molar-refractivity contribution in [3.8, 4) is 0 Å². The summed E-state index contributed by atoms with van der Waals surface area (Å²) in [5, 5.41) is 15.9. The molecule has 1 saturated heterocycles. The van der Waals surface area contributed by atoms with Crippen LogP contribution in [-0.2, 0) is 13.8 Å². The molecule has 13 nitrogen and oxygen atoms in total. The molecule has 3 rings (SSSR count). The molecular formula is C16H19N6O7P. The SMILES string of the molecule is Cc1cn([C@H]2C[C@H](O)[C@@H](COP(=O)(O)Nc3ccc(N=[N+]=[N-])cc3)O2)c(=O)[nH]c1=O. The van der Waals surface area contributed by atoms with Gasteiger partial charge in [0.15, 0.2) is 0 Å². The molecule has 0 aliphatic carbocycles. The number of nitrogens with one attached hydrogen (secondary N) is 2. The number of rotatable bonds is 7. The zero-order chi connectivity index (χ0) is 21.9. The van der Waals surface area contributed by atoms with E-state index in [0.29, 0.717) is 11.3 Å².